The number of aromatic nitrogens is 1. The minimum atomic E-state index is -0.451. The summed E-state index contributed by atoms with van der Waals surface area (Å²) in [6.07, 6.45) is 11.4. The van der Waals surface area contributed by atoms with Gasteiger partial charge in [0.05, 0.1) is 0 Å². The van der Waals surface area contributed by atoms with Crippen LogP contribution in [-0.4, -0.2) is 10.9 Å². The van der Waals surface area contributed by atoms with Crippen LogP contribution in [0.1, 0.15) is 37.9 Å². The first-order valence-corrected chi connectivity index (χ1v) is 8.07. The van der Waals surface area contributed by atoms with Gasteiger partial charge in [0, 0.05) is 23.1 Å². The molecule has 1 aromatic carbocycles. The molecule has 0 aliphatic carbocycles. The van der Waals surface area contributed by atoms with Gasteiger partial charge in [-0.2, -0.15) is 0 Å². The first kappa shape index (κ1) is 17.5. The summed E-state index contributed by atoms with van der Waals surface area (Å²) in [6, 6.07) is 9.74. The number of nitrogens with one attached hydrogen (secondary N) is 1. The quantitative estimate of drug-likeness (QED) is 0.802. The second-order valence-electron chi connectivity index (χ2n) is 5.71. The predicted molar refractivity (Wildman–Crippen MR) is 100 cm³/mol. The van der Waals surface area contributed by atoms with Crippen LogP contribution in [0.25, 0.3) is 16.7 Å². The average molecular weight is 318 g/mol. The molecule has 3 nitrogen and oxygen atoms in total. The van der Waals surface area contributed by atoms with Crippen molar-refractivity contribution in [2.24, 2.45) is 0 Å². The van der Waals surface area contributed by atoms with Crippen LogP contribution in [0, 0.1) is 19.3 Å². The van der Waals surface area contributed by atoms with Crippen LogP contribution in [0.4, 0.5) is 5.69 Å². The molecule has 122 valence electrons. The number of carbonyl (C=O) groups is 1. The third kappa shape index (κ3) is 4.33. The van der Waals surface area contributed by atoms with E-state index in [9.17, 15) is 4.79 Å². The highest BCUT2D eigenvalue weighted by atomic mass is 16.1. The number of hydrogen-bond donors (Lipinski definition) is 1. The summed E-state index contributed by atoms with van der Waals surface area (Å²) in [6.45, 7) is 6.31. The molecular formula is C21H22N2O. The zero-order chi connectivity index (χ0) is 17.5. The number of pyridine rings is 1. The molecule has 3 heteroatoms. The smallest absolute Gasteiger partial charge is 0.300 e. The molecule has 1 N–H and O–H groups in total. The Morgan fingerprint density at radius 1 is 1.33 bits per heavy atom. The van der Waals surface area contributed by atoms with Crippen LogP contribution >= 0.6 is 0 Å². The molecular weight excluding hydrogens is 296 g/mol. The first-order chi connectivity index (χ1) is 11.5. The lowest BCUT2D eigenvalue weighted by Gasteiger charge is -2.10. The van der Waals surface area contributed by atoms with E-state index in [-0.39, 0.29) is 0 Å². The lowest BCUT2D eigenvalue weighted by Crippen LogP contribution is -2.07. The largest absolute Gasteiger partial charge is 0.315 e. The fraction of sp³-hybridized carbons (Fsp3) is 0.238. The normalized spacial score (nSPS) is 11.0. The molecule has 0 bridgehead atoms. The highest BCUT2D eigenvalue weighted by Crippen LogP contribution is 2.27. The minimum Gasteiger partial charge on any atom is -0.315 e. The highest BCUT2D eigenvalue weighted by Gasteiger charge is 2.07. The van der Waals surface area contributed by atoms with E-state index >= 15 is 0 Å². The van der Waals surface area contributed by atoms with E-state index in [2.05, 4.69) is 42.2 Å². The van der Waals surface area contributed by atoms with Gasteiger partial charge >= 0.3 is 0 Å². The number of carbonyl (C=O) groups excluding carboxylic acids is 1. The van der Waals surface area contributed by atoms with Crippen LogP contribution in [0.15, 0.2) is 42.6 Å². The molecule has 0 unspecified atom stereocenters. The maximum Gasteiger partial charge on any atom is 0.300 e. The number of anilines is 1. The summed E-state index contributed by atoms with van der Waals surface area (Å²) in [7, 11) is 0. The third-order valence-electron chi connectivity index (χ3n) is 3.84. The van der Waals surface area contributed by atoms with Gasteiger partial charge in [-0.05, 0) is 61.1 Å². The molecule has 0 aliphatic rings. The van der Waals surface area contributed by atoms with Crippen molar-refractivity contribution in [3.63, 3.8) is 0 Å². The number of terminal acetylenes is 1. The van der Waals surface area contributed by atoms with Crippen molar-refractivity contribution in [1.29, 1.82) is 0 Å². The number of aryl methyl sites for hydroxylation is 1. The van der Waals surface area contributed by atoms with Crippen LogP contribution in [-0.2, 0) is 4.79 Å². The Morgan fingerprint density at radius 2 is 2.12 bits per heavy atom. The van der Waals surface area contributed by atoms with E-state index in [1.807, 2.05) is 37.4 Å². The van der Waals surface area contributed by atoms with Crippen molar-refractivity contribution in [2.75, 3.05) is 5.32 Å². The summed E-state index contributed by atoms with van der Waals surface area (Å²) in [5.41, 5.74) is 6.08. The molecule has 2 rings (SSSR count). The zero-order valence-corrected chi connectivity index (χ0v) is 14.4. The summed E-state index contributed by atoms with van der Waals surface area (Å²) in [5, 5.41) is 2.67. The van der Waals surface area contributed by atoms with Gasteiger partial charge in [-0.3, -0.25) is 9.78 Å². The second kappa shape index (κ2) is 8.12. The Kier molecular flexibility index (Phi) is 5.92. The van der Waals surface area contributed by atoms with E-state index < -0.39 is 5.91 Å². The van der Waals surface area contributed by atoms with Gasteiger partial charge in [-0.15, -0.1) is 6.42 Å². The number of unbranched alkanes of at least 4 members (excludes halogenated alkanes) is 1. The van der Waals surface area contributed by atoms with E-state index in [1.165, 1.54) is 5.57 Å². The number of hydrogen-bond acceptors (Lipinski definition) is 2. The van der Waals surface area contributed by atoms with Crippen LogP contribution in [0.5, 0.6) is 0 Å². The van der Waals surface area contributed by atoms with Gasteiger partial charge in [0.25, 0.3) is 5.91 Å². The van der Waals surface area contributed by atoms with E-state index in [1.54, 1.807) is 0 Å². The van der Waals surface area contributed by atoms with Crippen LogP contribution in [0.3, 0.4) is 0 Å². The SMILES string of the molecule is C#CC(=O)Nc1cccc(-c2cnc(C)c(/C(C)=C\CCC)c2)c1. The van der Waals surface area contributed by atoms with Crippen molar-refractivity contribution in [2.45, 2.75) is 33.6 Å². The van der Waals surface area contributed by atoms with Gasteiger partial charge in [0.1, 0.15) is 0 Å². The molecule has 1 heterocycles. The highest BCUT2D eigenvalue weighted by molar-refractivity contribution is 6.03. The Hall–Kier alpha value is -2.86. The maximum atomic E-state index is 11.4. The summed E-state index contributed by atoms with van der Waals surface area (Å²) >= 11 is 0. The van der Waals surface area contributed by atoms with Crippen LogP contribution < -0.4 is 5.32 Å². The average Bonchev–Trinajstić information content (AvgIpc) is 2.60. The fourth-order valence-corrected chi connectivity index (χ4v) is 2.50. The number of allylic oxidation sites excluding steroid dienone is 2. The van der Waals surface area contributed by atoms with Crippen molar-refractivity contribution in [1.82, 2.24) is 4.98 Å². The molecule has 1 aromatic heterocycles. The summed E-state index contributed by atoms with van der Waals surface area (Å²) in [5.74, 6) is 1.60. The standard InChI is InChI=1S/C21H22N2O/c1-5-7-9-15(3)20-13-18(14-22-16(20)4)17-10-8-11-19(12-17)23-21(24)6-2/h2,8-14H,5,7H2,1,3-4H3,(H,23,24)/b15-9-. The third-order valence-corrected chi connectivity index (χ3v) is 3.84. The molecule has 0 saturated carbocycles. The topological polar surface area (TPSA) is 42.0 Å². The Labute approximate surface area is 143 Å². The number of nitrogens with zero attached hydrogens (tertiary/aromatic N) is 1. The Balaban J connectivity index is 2.38. The molecule has 0 atom stereocenters. The van der Waals surface area contributed by atoms with Gasteiger partial charge < -0.3 is 5.32 Å². The number of benzene rings is 1. The molecule has 1 amide bonds. The monoisotopic (exact) mass is 318 g/mol. The summed E-state index contributed by atoms with van der Waals surface area (Å²) < 4.78 is 0. The van der Waals surface area contributed by atoms with E-state index in [0.29, 0.717) is 5.69 Å². The fourth-order valence-electron chi connectivity index (χ4n) is 2.50. The first-order valence-electron chi connectivity index (χ1n) is 8.07. The second-order valence-corrected chi connectivity index (χ2v) is 5.71. The predicted octanol–water partition coefficient (Wildman–Crippen LogP) is 4.83. The van der Waals surface area contributed by atoms with E-state index in [4.69, 9.17) is 6.42 Å². The van der Waals surface area contributed by atoms with Crippen molar-refractivity contribution < 1.29 is 4.79 Å². The zero-order valence-electron chi connectivity index (χ0n) is 14.4. The number of amides is 1. The minimum absolute atomic E-state index is 0.451. The van der Waals surface area contributed by atoms with Gasteiger partial charge in [-0.1, -0.05) is 31.6 Å². The molecule has 0 saturated heterocycles. The van der Waals surface area contributed by atoms with E-state index in [0.717, 1.165) is 35.2 Å². The number of rotatable bonds is 5. The van der Waals surface area contributed by atoms with Crippen LogP contribution in [0.2, 0.25) is 0 Å². The van der Waals surface area contributed by atoms with Gasteiger partial charge in [0.15, 0.2) is 0 Å². The van der Waals surface area contributed by atoms with Gasteiger partial charge in [0.2, 0.25) is 0 Å². The molecule has 0 spiro atoms. The van der Waals surface area contributed by atoms with Crippen molar-refractivity contribution in [3.8, 4) is 23.5 Å². The molecule has 0 radical (unpaired) electrons. The Bertz CT molecular complexity index is 813. The molecule has 0 aliphatic heterocycles. The lowest BCUT2D eigenvalue weighted by molar-refractivity contribution is -0.111. The lowest BCUT2D eigenvalue weighted by atomic mass is 9.99. The Morgan fingerprint density at radius 3 is 2.83 bits per heavy atom. The molecule has 2 aromatic rings. The molecule has 24 heavy (non-hydrogen) atoms. The van der Waals surface area contributed by atoms with Crippen molar-refractivity contribution in [3.05, 3.63) is 53.9 Å². The van der Waals surface area contributed by atoms with Gasteiger partial charge in [-0.25, -0.2) is 0 Å². The maximum absolute atomic E-state index is 11.4. The van der Waals surface area contributed by atoms with Crippen molar-refractivity contribution >= 4 is 17.2 Å². The summed E-state index contributed by atoms with van der Waals surface area (Å²) in [4.78, 5) is 15.9. The molecule has 0 fully saturated rings.